The molecule has 22 heavy (non-hydrogen) atoms. The minimum atomic E-state index is -0.0852. The third-order valence-corrected chi connectivity index (χ3v) is 3.56. The molecule has 114 valence electrons. The Hall–Kier alpha value is -2.42. The van der Waals surface area contributed by atoms with Crippen molar-refractivity contribution in [3.63, 3.8) is 0 Å². The van der Waals surface area contributed by atoms with Crippen LogP contribution in [0.25, 0.3) is 0 Å². The zero-order valence-electron chi connectivity index (χ0n) is 13.2. The van der Waals surface area contributed by atoms with E-state index in [9.17, 15) is 9.59 Å². The van der Waals surface area contributed by atoms with Gasteiger partial charge in [0.25, 0.3) is 0 Å². The van der Waals surface area contributed by atoms with E-state index in [1.165, 1.54) is 12.5 Å². The summed E-state index contributed by atoms with van der Waals surface area (Å²) in [5, 5.41) is 2.83. The molecule has 2 rings (SSSR count). The number of hydrogen-bond acceptors (Lipinski definition) is 2. The number of rotatable bonds is 5. The normalized spacial score (nSPS) is 10.5. The van der Waals surface area contributed by atoms with Crippen LogP contribution in [0.3, 0.4) is 0 Å². The minimum Gasteiger partial charge on any atom is -0.326 e. The molecule has 0 spiro atoms. The van der Waals surface area contributed by atoms with Crippen LogP contribution in [0, 0.1) is 0 Å². The molecule has 2 aromatic carbocycles. The van der Waals surface area contributed by atoms with Crippen molar-refractivity contribution in [3.8, 4) is 0 Å². The average Bonchev–Trinajstić information content (AvgIpc) is 2.47. The summed E-state index contributed by atoms with van der Waals surface area (Å²) in [5.74, 6) is 0.385. The van der Waals surface area contributed by atoms with E-state index in [0.29, 0.717) is 23.6 Å². The molecule has 1 N–H and O–H groups in total. The number of anilines is 1. The number of Topliss-reactive ketones (excluding diaryl/α,β-unsaturated/α-hetero) is 1. The lowest BCUT2D eigenvalue weighted by molar-refractivity contribution is -0.115. The van der Waals surface area contributed by atoms with Crippen LogP contribution in [0.1, 0.15) is 48.2 Å². The van der Waals surface area contributed by atoms with E-state index in [0.717, 1.165) is 5.56 Å². The van der Waals surface area contributed by atoms with Crippen molar-refractivity contribution < 1.29 is 9.59 Å². The Kier molecular flexibility index (Phi) is 5.10. The summed E-state index contributed by atoms with van der Waals surface area (Å²) in [7, 11) is 0. The second kappa shape index (κ2) is 7.03. The van der Waals surface area contributed by atoms with E-state index < -0.39 is 0 Å². The van der Waals surface area contributed by atoms with E-state index in [1.807, 2.05) is 12.1 Å². The Bertz CT molecular complexity index is 672. The highest BCUT2D eigenvalue weighted by molar-refractivity contribution is 5.97. The molecular weight excluding hydrogens is 274 g/mol. The van der Waals surface area contributed by atoms with Gasteiger partial charge in [-0.05, 0) is 36.1 Å². The first-order chi connectivity index (χ1) is 10.5. The quantitative estimate of drug-likeness (QED) is 0.840. The zero-order chi connectivity index (χ0) is 16.1. The summed E-state index contributed by atoms with van der Waals surface area (Å²) in [4.78, 5) is 23.4. The van der Waals surface area contributed by atoms with E-state index >= 15 is 0 Å². The van der Waals surface area contributed by atoms with Crippen molar-refractivity contribution >= 4 is 17.4 Å². The third-order valence-electron chi connectivity index (χ3n) is 3.56. The Morgan fingerprint density at radius 1 is 1.05 bits per heavy atom. The van der Waals surface area contributed by atoms with Crippen molar-refractivity contribution in [2.24, 2.45) is 0 Å². The van der Waals surface area contributed by atoms with Crippen LogP contribution >= 0.6 is 0 Å². The Labute approximate surface area is 131 Å². The van der Waals surface area contributed by atoms with Crippen LogP contribution in [-0.2, 0) is 11.2 Å². The smallest absolute Gasteiger partial charge is 0.228 e. The van der Waals surface area contributed by atoms with Crippen molar-refractivity contribution in [2.75, 3.05) is 5.32 Å². The van der Waals surface area contributed by atoms with Gasteiger partial charge in [0.1, 0.15) is 0 Å². The molecule has 0 fully saturated rings. The molecule has 0 atom stereocenters. The molecule has 0 aliphatic heterocycles. The second-order valence-corrected chi connectivity index (χ2v) is 5.76. The SMILES string of the molecule is CC(=O)c1cccc(NC(=O)Cc2ccc(C(C)C)cc2)c1. The molecule has 0 aromatic heterocycles. The number of amides is 1. The van der Waals surface area contributed by atoms with Gasteiger partial charge in [-0.15, -0.1) is 0 Å². The first-order valence-electron chi connectivity index (χ1n) is 7.45. The number of ketones is 1. The van der Waals surface area contributed by atoms with Gasteiger partial charge < -0.3 is 5.32 Å². The number of carbonyl (C=O) groups excluding carboxylic acids is 2. The molecule has 2 aromatic rings. The number of carbonyl (C=O) groups is 2. The molecule has 0 unspecified atom stereocenters. The monoisotopic (exact) mass is 295 g/mol. The highest BCUT2D eigenvalue weighted by Gasteiger charge is 2.07. The lowest BCUT2D eigenvalue weighted by atomic mass is 10.0. The van der Waals surface area contributed by atoms with Crippen LogP contribution in [0.15, 0.2) is 48.5 Å². The molecule has 0 heterocycles. The number of nitrogens with one attached hydrogen (secondary N) is 1. The van der Waals surface area contributed by atoms with Gasteiger partial charge in [0.2, 0.25) is 5.91 Å². The standard InChI is InChI=1S/C19H21NO2/c1-13(2)16-9-7-15(8-10-16)11-19(22)20-18-6-4-5-17(12-18)14(3)21/h4-10,12-13H,11H2,1-3H3,(H,20,22). The van der Waals surface area contributed by atoms with Crippen LogP contribution in [0.4, 0.5) is 5.69 Å². The molecule has 0 aliphatic rings. The summed E-state index contributed by atoms with van der Waals surface area (Å²) in [6.07, 6.45) is 0.322. The van der Waals surface area contributed by atoms with Gasteiger partial charge in [-0.3, -0.25) is 9.59 Å². The lowest BCUT2D eigenvalue weighted by Crippen LogP contribution is -2.14. The predicted molar refractivity (Wildman–Crippen MR) is 89.3 cm³/mol. The predicted octanol–water partition coefficient (Wildman–Crippen LogP) is 4.19. The van der Waals surface area contributed by atoms with E-state index in [2.05, 4.69) is 31.3 Å². The van der Waals surface area contributed by atoms with Crippen LogP contribution in [0.5, 0.6) is 0 Å². The topological polar surface area (TPSA) is 46.2 Å². The first kappa shape index (κ1) is 16.0. The van der Waals surface area contributed by atoms with Gasteiger partial charge in [0.15, 0.2) is 5.78 Å². The Balaban J connectivity index is 2.00. The fraction of sp³-hybridized carbons (Fsp3) is 0.263. The van der Waals surface area contributed by atoms with Gasteiger partial charge in [0.05, 0.1) is 6.42 Å². The van der Waals surface area contributed by atoms with Crippen molar-refractivity contribution in [2.45, 2.75) is 33.1 Å². The van der Waals surface area contributed by atoms with Gasteiger partial charge in [0, 0.05) is 11.3 Å². The first-order valence-corrected chi connectivity index (χ1v) is 7.45. The van der Waals surface area contributed by atoms with Gasteiger partial charge >= 0.3 is 0 Å². The molecule has 0 radical (unpaired) electrons. The Morgan fingerprint density at radius 3 is 2.32 bits per heavy atom. The lowest BCUT2D eigenvalue weighted by Gasteiger charge is -2.08. The summed E-state index contributed by atoms with van der Waals surface area (Å²) < 4.78 is 0. The third kappa shape index (κ3) is 4.29. The maximum absolute atomic E-state index is 12.1. The molecule has 0 saturated carbocycles. The second-order valence-electron chi connectivity index (χ2n) is 5.76. The van der Waals surface area contributed by atoms with E-state index in [-0.39, 0.29) is 11.7 Å². The van der Waals surface area contributed by atoms with Crippen molar-refractivity contribution in [1.82, 2.24) is 0 Å². The Morgan fingerprint density at radius 2 is 1.73 bits per heavy atom. The zero-order valence-corrected chi connectivity index (χ0v) is 13.2. The molecule has 0 saturated heterocycles. The summed E-state index contributed by atoms with van der Waals surface area (Å²) in [5.41, 5.74) is 3.48. The summed E-state index contributed by atoms with van der Waals surface area (Å²) >= 11 is 0. The summed E-state index contributed by atoms with van der Waals surface area (Å²) in [6, 6.07) is 15.1. The van der Waals surface area contributed by atoms with Gasteiger partial charge in [-0.1, -0.05) is 50.2 Å². The highest BCUT2D eigenvalue weighted by Crippen LogP contribution is 2.16. The van der Waals surface area contributed by atoms with Crippen LogP contribution in [0.2, 0.25) is 0 Å². The van der Waals surface area contributed by atoms with Crippen LogP contribution < -0.4 is 5.32 Å². The van der Waals surface area contributed by atoms with Gasteiger partial charge in [-0.2, -0.15) is 0 Å². The maximum Gasteiger partial charge on any atom is 0.228 e. The molecule has 3 heteroatoms. The number of hydrogen-bond donors (Lipinski definition) is 1. The van der Waals surface area contributed by atoms with Crippen molar-refractivity contribution in [3.05, 3.63) is 65.2 Å². The fourth-order valence-electron chi connectivity index (χ4n) is 2.23. The molecule has 0 aliphatic carbocycles. The van der Waals surface area contributed by atoms with Crippen LogP contribution in [-0.4, -0.2) is 11.7 Å². The fourth-order valence-corrected chi connectivity index (χ4v) is 2.23. The average molecular weight is 295 g/mol. The van der Waals surface area contributed by atoms with E-state index in [1.54, 1.807) is 24.3 Å². The maximum atomic E-state index is 12.1. The molecule has 0 bridgehead atoms. The minimum absolute atomic E-state index is 0.0135. The van der Waals surface area contributed by atoms with E-state index in [4.69, 9.17) is 0 Å². The van der Waals surface area contributed by atoms with Crippen molar-refractivity contribution in [1.29, 1.82) is 0 Å². The largest absolute Gasteiger partial charge is 0.326 e. The molecule has 1 amide bonds. The molecular formula is C19H21NO2. The van der Waals surface area contributed by atoms with Gasteiger partial charge in [-0.25, -0.2) is 0 Å². The molecule has 3 nitrogen and oxygen atoms in total. The highest BCUT2D eigenvalue weighted by atomic mass is 16.1. The summed E-state index contributed by atoms with van der Waals surface area (Å²) in [6.45, 7) is 5.80. The number of benzene rings is 2.